The number of rotatable bonds is 6. The highest BCUT2D eigenvalue weighted by molar-refractivity contribution is 6.31. The fraction of sp³-hybridized carbons (Fsp3) is 0.400. The van der Waals surface area contributed by atoms with E-state index in [1.807, 2.05) is 31.1 Å². The lowest BCUT2D eigenvalue weighted by atomic mass is 10.3. The van der Waals surface area contributed by atoms with Crippen molar-refractivity contribution in [3.63, 3.8) is 0 Å². The number of unbranched alkanes of at least 4 members (excludes halogenated alkanes) is 1. The molecule has 0 N–H and O–H groups in total. The molecule has 0 aliphatic carbocycles. The number of halogens is 1. The van der Waals surface area contributed by atoms with E-state index >= 15 is 0 Å². The standard InChI is InChI=1S/C15H18ClN2O2/c1-3-5-9-17-13-7-6-12(16)11-14(13)18(20-4-2)15(17)8-10-19/h6-8,11H,3-5,9H2,1-2H3/q+1. The van der Waals surface area contributed by atoms with Gasteiger partial charge in [0.05, 0.1) is 6.54 Å². The highest BCUT2D eigenvalue weighted by Crippen LogP contribution is 2.19. The first-order valence-corrected chi connectivity index (χ1v) is 7.18. The van der Waals surface area contributed by atoms with Crippen molar-refractivity contribution in [2.45, 2.75) is 33.2 Å². The number of aromatic nitrogens is 2. The van der Waals surface area contributed by atoms with Crippen LogP contribution < -0.4 is 9.40 Å². The molecule has 0 fully saturated rings. The molecular weight excluding hydrogens is 276 g/mol. The molecule has 106 valence electrons. The van der Waals surface area contributed by atoms with Crippen LogP contribution in [-0.4, -0.2) is 17.3 Å². The quantitative estimate of drug-likeness (QED) is 0.606. The number of hydrogen-bond acceptors (Lipinski definition) is 2. The number of carbonyl (C=O) groups excluding carboxylic acids is 1. The van der Waals surface area contributed by atoms with Crippen molar-refractivity contribution in [3.05, 3.63) is 29.0 Å². The van der Waals surface area contributed by atoms with Gasteiger partial charge in [0, 0.05) is 11.1 Å². The Bertz CT molecular complexity index is 657. The van der Waals surface area contributed by atoms with E-state index in [9.17, 15) is 4.79 Å². The Balaban J connectivity index is 2.72. The molecular formula is C15H18ClN2O2+. The maximum atomic E-state index is 10.8. The molecule has 1 aromatic heterocycles. The van der Waals surface area contributed by atoms with Crippen LogP contribution in [0.1, 0.15) is 32.5 Å². The monoisotopic (exact) mass is 293 g/mol. The van der Waals surface area contributed by atoms with Gasteiger partial charge < -0.3 is 4.84 Å². The lowest BCUT2D eigenvalue weighted by Gasteiger charge is -1.99. The molecule has 0 aliphatic heterocycles. The van der Waals surface area contributed by atoms with Crippen LogP contribution >= 0.6 is 11.6 Å². The predicted molar refractivity (Wildman–Crippen MR) is 79.3 cm³/mol. The van der Waals surface area contributed by atoms with Gasteiger partial charge in [-0.25, -0.2) is 9.36 Å². The highest BCUT2D eigenvalue weighted by Gasteiger charge is 2.25. The van der Waals surface area contributed by atoms with Crippen LogP contribution in [0.2, 0.25) is 5.02 Å². The van der Waals surface area contributed by atoms with E-state index in [0.717, 1.165) is 30.4 Å². The molecule has 2 aromatic rings. The molecule has 0 bridgehead atoms. The van der Waals surface area contributed by atoms with Crippen molar-refractivity contribution in [2.24, 2.45) is 0 Å². The van der Waals surface area contributed by atoms with Crippen molar-refractivity contribution in [1.82, 2.24) is 4.73 Å². The summed E-state index contributed by atoms with van der Waals surface area (Å²) in [5, 5.41) is 0.639. The van der Waals surface area contributed by atoms with Gasteiger partial charge >= 0.3 is 5.82 Å². The van der Waals surface area contributed by atoms with Crippen molar-refractivity contribution in [1.29, 1.82) is 0 Å². The molecule has 0 aliphatic rings. The Kier molecular flexibility index (Phi) is 4.83. The molecule has 0 saturated carbocycles. The molecule has 2 rings (SSSR count). The van der Waals surface area contributed by atoms with Crippen LogP contribution in [-0.2, 0) is 11.3 Å². The molecule has 0 atom stereocenters. The Morgan fingerprint density at radius 3 is 2.90 bits per heavy atom. The minimum Gasteiger partial charge on any atom is -0.335 e. The summed E-state index contributed by atoms with van der Waals surface area (Å²) in [5.41, 5.74) is 1.86. The van der Waals surface area contributed by atoms with E-state index in [-0.39, 0.29) is 0 Å². The first-order valence-electron chi connectivity index (χ1n) is 6.80. The highest BCUT2D eigenvalue weighted by atomic mass is 35.5. The molecule has 0 saturated heterocycles. The van der Waals surface area contributed by atoms with Crippen LogP contribution in [0.15, 0.2) is 18.2 Å². The summed E-state index contributed by atoms with van der Waals surface area (Å²) in [6.45, 7) is 5.36. The summed E-state index contributed by atoms with van der Waals surface area (Å²) in [7, 11) is 0. The number of aryl methyl sites for hydroxylation is 1. The van der Waals surface area contributed by atoms with E-state index in [2.05, 4.69) is 11.5 Å². The summed E-state index contributed by atoms with van der Waals surface area (Å²) in [4.78, 5) is 16.5. The van der Waals surface area contributed by atoms with E-state index in [4.69, 9.17) is 16.4 Å². The number of nitrogens with zero attached hydrogens (tertiary/aromatic N) is 2. The van der Waals surface area contributed by atoms with Crippen LogP contribution in [0.4, 0.5) is 0 Å². The fourth-order valence-electron chi connectivity index (χ4n) is 2.25. The fourth-order valence-corrected chi connectivity index (χ4v) is 2.42. The zero-order chi connectivity index (χ0) is 14.5. The van der Waals surface area contributed by atoms with E-state index in [1.54, 1.807) is 4.73 Å². The van der Waals surface area contributed by atoms with E-state index in [1.165, 1.54) is 6.08 Å². The van der Waals surface area contributed by atoms with Gasteiger partial charge in [-0.3, -0.25) is 0 Å². The summed E-state index contributed by atoms with van der Waals surface area (Å²) >= 11 is 6.07. The van der Waals surface area contributed by atoms with Gasteiger partial charge in [0.2, 0.25) is 5.52 Å². The van der Waals surface area contributed by atoms with Crippen LogP contribution in [0.25, 0.3) is 17.1 Å². The van der Waals surface area contributed by atoms with Crippen molar-refractivity contribution in [3.8, 4) is 0 Å². The first kappa shape index (κ1) is 14.6. The Hall–Kier alpha value is -1.77. The summed E-state index contributed by atoms with van der Waals surface area (Å²) in [6.07, 6.45) is 3.50. The predicted octanol–water partition coefficient (Wildman–Crippen LogP) is 2.68. The summed E-state index contributed by atoms with van der Waals surface area (Å²) < 4.78 is 3.72. The second-order valence-corrected chi connectivity index (χ2v) is 4.91. The van der Waals surface area contributed by atoms with E-state index < -0.39 is 0 Å². The maximum Gasteiger partial charge on any atom is 0.333 e. The Labute approximate surface area is 123 Å². The zero-order valence-electron chi connectivity index (χ0n) is 11.7. The largest absolute Gasteiger partial charge is 0.335 e. The van der Waals surface area contributed by atoms with Crippen molar-refractivity contribution < 1.29 is 14.2 Å². The van der Waals surface area contributed by atoms with Crippen LogP contribution in [0.3, 0.4) is 0 Å². The molecule has 20 heavy (non-hydrogen) atoms. The molecule has 0 spiro atoms. The SMILES string of the molecule is CCCC[n+]1c(C=C=O)n(OCC)c2cc(Cl)ccc21. The van der Waals surface area contributed by atoms with Gasteiger partial charge in [-0.1, -0.05) is 24.9 Å². The number of benzene rings is 1. The third kappa shape index (κ3) is 2.72. The van der Waals surface area contributed by atoms with Crippen LogP contribution in [0, 0.1) is 0 Å². The maximum absolute atomic E-state index is 10.8. The molecule has 0 amide bonds. The third-order valence-electron chi connectivity index (χ3n) is 3.11. The van der Waals surface area contributed by atoms with Gasteiger partial charge in [0.1, 0.15) is 18.6 Å². The topological polar surface area (TPSA) is 35.1 Å². The molecule has 1 heterocycles. The van der Waals surface area contributed by atoms with Crippen LogP contribution in [0.5, 0.6) is 0 Å². The van der Waals surface area contributed by atoms with Gasteiger partial charge in [0.25, 0.3) is 0 Å². The summed E-state index contributed by atoms with van der Waals surface area (Å²) in [5.74, 6) is 2.53. The number of imidazole rings is 1. The average Bonchev–Trinajstić information content (AvgIpc) is 2.71. The number of fused-ring (bicyclic) bond motifs is 1. The van der Waals surface area contributed by atoms with Gasteiger partial charge in [-0.15, -0.1) is 0 Å². The van der Waals surface area contributed by atoms with Gasteiger partial charge in [0.15, 0.2) is 5.52 Å². The molecule has 4 nitrogen and oxygen atoms in total. The Morgan fingerprint density at radius 2 is 2.25 bits per heavy atom. The number of hydrogen-bond donors (Lipinski definition) is 0. The minimum absolute atomic E-state index is 0.504. The van der Waals surface area contributed by atoms with Crippen molar-refractivity contribution in [2.75, 3.05) is 6.61 Å². The van der Waals surface area contributed by atoms with Gasteiger partial charge in [-0.05, 0) is 30.2 Å². The lowest BCUT2D eigenvalue weighted by molar-refractivity contribution is -0.675. The normalized spacial score (nSPS) is 10.6. The Morgan fingerprint density at radius 1 is 1.45 bits per heavy atom. The molecule has 5 heteroatoms. The molecule has 1 aromatic carbocycles. The second-order valence-electron chi connectivity index (χ2n) is 4.47. The van der Waals surface area contributed by atoms with E-state index in [0.29, 0.717) is 17.5 Å². The summed E-state index contributed by atoms with van der Waals surface area (Å²) in [6, 6.07) is 5.64. The average molecular weight is 294 g/mol. The molecule has 0 unspecified atom stereocenters. The third-order valence-corrected chi connectivity index (χ3v) is 3.35. The lowest BCUT2D eigenvalue weighted by Crippen LogP contribution is -2.37. The van der Waals surface area contributed by atoms with Gasteiger partial charge in [-0.2, -0.15) is 0 Å². The first-order chi connectivity index (χ1) is 9.72. The zero-order valence-corrected chi connectivity index (χ0v) is 12.5. The minimum atomic E-state index is 0.504. The molecule has 0 radical (unpaired) electrons. The second kappa shape index (κ2) is 6.60. The smallest absolute Gasteiger partial charge is 0.333 e. The van der Waals surface area contributed by atoms with Crippen molar-refractivity contribution >= 4 is 34.7 Å².